The van der Waals surface area contributed by atoms with Gasteiger partial charge in [-0.05, 0) is 36.8 Å². The summed E-state index contributed by atoms with van der Waals surface area (Å²) < 4.78 is 27.1. The number of aliphatic hydroxyl groups is 1. The van der Waals surface area contributed by atoms with E-state index in [2.05, 4.69) is 6.58 Å². The van der Waals surface area contributed by atoms with Crippen LogP contribution in [-0.4, -0.2) is 82.2 Å². The summed E-state index contributed by atoms with van der Waals surface area (Å²) in [5.74, 6) is -8.60. The van der Waals surface area contributed by atoms with E-state index in [-0.39, 0.29) is 5.57 Å². The SMILES string of the molecule is C=C1[C@@H](OC(C)=O)/C=C/[C@H]2[C@H]3C(=O)[C@@](C)(OC(C)=O)[C@H](C(OC(=O)COC(C)=O)[C@]4(O)[C@@H](C)C(=O)O[C@H]4[C@H]1Cl)[C@]32C. The van der Waals surface area contributed by atoms with Gasteiger partial charge in [-0.25, -0.2) is 4.79 Å². The number of carbonyl (C=O) groups excluding carboxylic acids is 6. The number of esters is 5. The Balaban J connectivity index is 1.96. The molecular formula is C28H33ClO12. The molecule has 0 aromatic carbocycles. The first-order valence-electron chi connectivity index (χ1n) is 13.1. The smallest absolute Gasteiger partial charge is 0.344 e. The third-order valence-electron chi connectivity index (χ3n) is 8.96. The Hall–Kier alpha value is -3.25. The predicted molar refractivity (Wildman–Crippen MR) is 138 cm³/mol. The van der Waals surface area contributed by atoms with Gasteiger partial charge in [-0.1, -0.05) is 19.6 Å². The quantitative estimate of drug-likeness (QED) is 0.208. The summed E-state index contributed by atoms with van der Waals surface area (Å²) in [6, 6.07) is 0. The minimum Gasteiger partial charge on any atom is -0.457 e. The molecule has 13 heteroatoms. The van der Waals surface area contributed by atoms with Crippen LogP contribution >= 0.6 is 11.6 Å². The minimum absolute atomic E-state index is 0.0547. The van der Waals surface area contributed by atoms with Gasteiger partial charge in [-0.3, -0.25) is 24.0 Å². The van der Waals surface area contributed by atoms with Crippen molar-refractivity contribution in [1.29, 1.82) is 0 Å². The number of hydrogen-bond donors (Lipinski definition) is 1. The average Bonchev–Trinajstić information content (AvgIpc) is 3.32. The van der Waals surface area contributed by atoms with E-state index in [4.69, 9.17) is 35.3 Å². The summed E-state index contributed by atoms with van der Waals surface area (Å²) in [7, 11) is 0. The molecule has 3 fully saturated rings. The highest BCUT2D eigenvalue weighted by molar-refractivity contribution is 6.23. The number of ether oxygens (including phenoxy) is 5. The van der Waals surface area contributed by atoms with Crippen molar-refractivity contribution in [3.05, 3.63) is 24.3 Å². The first kappa shape index (κ1) is 30.7. The molecule has 0 amide bonds. The van der Waals surface area contributed by atoms with Crippen molar-refractivity contribution in [1.82, 2.24) is 0 Å². The molecule has 12 nitrogen and oxygen atoms in total. The monoisotopic (exact) mass is 596 g/mol. The van der Waals surface area contributed by atoms with E-state index >= 15 is 0 Å². The van der Waals surface area contributed by atoms with Crippen molar-refractivity contribution in [2.24, 2.45) is 29.1 Å². The second-order valence-electron chi connectivity index (χ2n) is 11.5. The number of Topliss-reactive ketones (excluding diaryl/α,β-unsaturated/α-hetero) is 1. The molecule has 41 heavy (non-hydrogen) atoms. The summed E-state index contributed by atoms with van der Waals surface area (Å²) in [6.45, 7) is 10.9. The lowest BCUT2D eigenvalue weighted by Crippen LogP contribution is -2.65. The number of fused-ring (bicyclic) bond motifs is 2. The van der Waals surface area contributed by atoms with Gasteiger partial charge in [0.2, 0.25) is 0 Å². The standard InChI is InChI=1S/C28H33ClO12/c1-11-17(38-14(4)31)9-8-16-19-22(34)27(7,41-15(5)32)21(26(16,19)6)24(39-18(33)10-37-13(3)30)28(36)12(2)25(35)40-23(28)20(11)29/h8-9,12,16-17,19-21,23-24,36H,1,10H2,2-7H3/b9-8+/t12-,16-,17-,19-,20-,21+,23-,24?,26-,27-,28-/m0/s1. The van der Waals surface area contributed by atoms with Crippen LogP contribution in [-0.2, 0) is 52.5 Å². The third kappa shape index (κ3) is 4.64. The highest BCUT2D eigenvalue weighted by Crippen LogP contribution is 2.75. The molecule has 0 bridgehead atoms. The number of ketones is 1. The summed E-state index contributed by atoms with van der Waals surface area (Å²) in [4.78, 5) is 75.5. The summed E-state index contributed by atoms with van der Waals surface area (Å²) >= 11 is 6.77. The van der Waals surface area contributed by atoms with E-state index < -0.39 is 106 Å². The second kappa shape index (κ2) is 10.2. The van der Waals surface area contributed by atoms with Crippen molar-refractivity contribution in [3.63, 3.8) is 0 Å². The third-order valence-corrected chi connectivity index (χ3v) is 9.47. The van der Waals surface area contributed by atoms with Crippen LogP contribution in [0.4, 0.5) is 0 Å². The Kier molecular flexibility index (Phi) is 7.66. The largest absolute Gasteiger partial charge is 0.457 e. The van der Waals surface area contributed by atoms with E-state index in [1.54, 1.807) is 13.0 Å². The lowest BCUT2D eigenvalue weighted by molar-refractivity contribution is -0.217. The van der Waals surface area contributed by atoms with Crippen LogP contribution in [0.15, 0.2) is 24.3 Å². The van der Waals surface area contributed by atoms with E-state index in [1.807, 2.05) is 0 Å². The van der Waals surface area contributed by atoms with Crippen molar-refractivity contribution < 1.29 is 57.6 Å². The number of alkyl halides is 1. The van der Waals surface area contributed by atoms with Gasteiger partial charge in [0.05, 0.1) is 17.2 Å². The predicted octanol–water partition coefficient (Wildman–Crippen LogP) is 1.19. The fraction of sp³-hybridized carbons (Fsp3) is 0.643. The van der Waals surface area contributed by atoms with Gasteiger partial charge < -0.3 is 28.8 Å². The van der Waals surface area contributed by atoms with Crippen molar-refractivity contribution in [3.8, 4) is 0 Å². The van der Waals surface area contributed by atoms with Gasteiger partial charge in [0.15, 0.2) is 29.7 Å². The van der Waals surface area contributed by atoms with Crippen molar-refractivity contribution >= 4 is 47.2 Å². The van der Waals surface area contributed by atoms with Gasteiger partial charge in [0.1, 0.15) is 12.2 Å². The van der Waals surface area contributed by atoms with Crippen LogP contribution in [0.2, 0.25) is 0 Å². The number of carbonyl (C=O) groups is 6. The number of halogens is 1. The molecule has 0 spiro atoms. The van der Waals surface area contributed by atoms with Gasteiger partial charge >= 0.3 is 29.8 Å². The molecule has 0 aromatic heterocycles. The van der Waals surface area contributed by atoms with Crippen LogP contribution in [0.1, 0.15) is 41.5 Å². The molecule has 0 radical (unpaired) electrons. The van der Waals surface area contributed by atoms with Crippen LogP contribution in [0.25, 0.3) is 0 Å². The lowest BCUT2D eigenvalue weighted by atomic mass is 9.66. The van der Waals surface area contributed by atoms with E-state index in [0.717, 1.165) is 13.8 Å². The normalized spacial score (nSPS) is 43.5. The molecule has 1 saturated heterocycles. The van der Waals surface area contributed by atoms with Gasteiger partial charge in [-0.2, -0.15) is 0 Å². The lowest BCUT2D eigenvalue weighted by Gasteiger charge is -2.47. The Morgan fingerprint density at radius 2 is 1.68 bits per heavy atom. The molecule has 4 rings (SSSR count). The zero-order chi connectivity index (χ0) is 30.8. The molecule has 224 valence electrons. The molecule has 1 N–H and O–H groups in total. The van der Waals surface area contributed by atoms with Gasteiger partial charge in [0, 0.05) is 26.7 Å². The molecule has 2 saturated carbocycles. The zero-order valence-corrected chi connectivity index (χ0v) is 24.3. The fourth-order valence-corrected chi connectivity index (χ4v) is 7.41. The van der Waals surface area contributed by atoms with Crippen LogP contribution in [0.3, 0.4) is 0 Å². The summed E-state index contributed by atoms with van der Waals surface area (Å²) in [5, 5.41) is 11.1. The Bertz CT molecular complexity index is 1260. The molecule has 1 unspecified atom stereocenters. The molecule has 4 aliphatic rings. The van der Waals surface area contributed by atoms with Crippen LogP contribution in [0.5, 0.6) is 0 Å². The highest BCUT2D eigenvalue weighted by atomic mass is 35.5. The van der Waals surface area contributed by atoms with E-state index in [9.17, 15) is 33.9 Å². The fourth-order valence-electron chi connectivity index (χ4n) is 7.03. The van der Waals surface area contributed by atoms with Crippen LogP contribution < -0.4 is 0 Å². The number of hydrogen-bond acceptors (Lipinski definition) is 12. The first-order valence-corrected chi connectivity index (χ1v) is 13.5. The first-order chi connectivity index (χ1) is 18.9. The maximum absolute atomic E-state index is 13.9. The highest BCUT2D eigenvalue weighted by Gasteiger charge is 2.84. The molecular weight excluding hydrogens is 564 g/mol. The second-order valence-corrected chi connectivity index (χ2v) is 11.9. The number of allylic oxidation sites excluding steroid dienone is 1. The molecule has 3 aliphatic carbocycles. The van der Waals surface area contributed by atoms with Gasteiger partial charge in [-0.15, -0.1) is 11.6 Å². The molecule has 0 aromatic rings. The zero-order valence-electron chi connectivity index (χ0n) is 23.5. The molecule has 1 aliphatic heterocycles. The molecule has 11 atom stereocenters. The van der Waals surface area contributed by atoms with E-state index in [1.165, 1.54) is 26.8 Å². The van der Waals surface area contributed by atoms with Gasteiger partial charge in [0.25, 0.3) is 0 Å². The average molecular weight is 597 g/mol. The Morgan fingerprint density at radius 3 is 2.24 bits per heavy atom. The Morgan fingerprint density at radius 1 is 1.05 bits per heavy atom. The van der Waals surface area contributed by atoms with E-state index in [0.29, 0.717) is 0 Å². The maximum atomic E-state index is 13.9. The summed E-state index contributed by atoms with van der Waals surface area (Å²) in [6.07, 6.45) is -1.31. The molecule has 1 heterocycles. The topological polar surface area (TPSA) is 169 Å². The van der Waals surface area contributed by atoms with Crippen LogP contribution in [0, 0.1) is 29.1 Å². The summed E-state index contributed by atoms with van der Waals surface area (Å²) in [5.41, 5.74) is -5.35. The maximum Gasteiger partial charge on any atom is 0.344 e. The number of rotatable bonds is 5. The van der Waals surface area contributed by atoms with Crippen molar-refractivity contribution in [2.45, 2.75) is 76.4 Å². The van der Waals surface area contributed by atoms with Crippen molar-refractivity contribution in [2.75, 3.05) is 6.61 Å². The minimum atomic E-state index is -2.42. The Labute approximate surface area is 241 Å².